The largest absolute Gasteiger partial charge is 0.350 e. The number of hydrogen-bond donors (Lipinski definition) is 2. The fourth-order valence-corrected chi connectivity index (χ4v) is 4.41. The van der Waals surface area contributed by atoms with E-state index in [2.05, 4.69) is 5.32 Å². The summed E-state index contributed by atoms with van der Waals surface area (Å²) >= 11 is 0. The van der Waals surface area contributed by atoms with E-state index < -0.39 is 10.0 Å². The Morgan fingerprint density at radius 2 is 1.92 bits per heavy atom. The number of carbonyl (C=O) groups is 1. The lowest BCUT2D eigenvalue weighted by molar-refractivity contribution is 0.0951. The highest BCUT2D eigenvalue weighted by molar-refractivity contribution is 7.93. The number of amides is 1. The van der Waals surface area contributed by atoms with Crippen LogP contribution in [-0.2, 0) is 10.0 Å². The first-order valence-corrected chi connectivity index (χ1v) is 9.77. The van der Waals surface area contributed by atoms with E-state index in [1.54, 1.807) is 24.3 Å². The lowest BCUT2D eigenvalue weighted by Crippen LogP contribution is -2.32. The van der Waals surface area contributed by atoms with E-state index in [4.69, 9.17) is 5.73 Å². The van der Waals surface area contributed by atoms with Gasteiger partial charge in [-0.1, -0.05) is 36.4 Å². The highest BCUT2D eigenvalue weighted by atomic mass is 32.2. The molecule has 2 aromatic carbocycles. The van der Waals surface area contributed by atoms with Crippen molar-refractivity contribution in [2.75, 3.05) is 23.1 Å². The molecule has 1 heterocycles. The molecule has 0 saturated carbocycles. The zero-order chi connectivity index (χ0) is 17.9. The molecule has 2 aromatic rings. The van der Waals surface area contributed by atoms with Crippen LogP contribution < -0.4 is 15.4 Å². The van der Waals surface area contributed by atoms with Crippen molar-refractivity contribution in [1.82, 2.24) is 5.32 Å². The van der Waals surface area contributed by atoms with Gasteiger partial charge in [-0.15, -0.1) is 0 Å². The Hall–Kier alpha value is -2.38. The summed E-state index contributed by atoms with van der Waals surface area (Å²) in [5, 5.41) is 2.80. The second kappa shape index (κ2) is 7.25. The molecule has 1 fully saturated rings. The molecule has 3 N–H and O–H groups in total. The van der Waals surface area contributed by atoms with Crippen LogP contribution in [-0.4, -0.2) is 33.2 Å². The van der Waals surface area contributed by atoms with Crippen LogP contribution in [0.3, 0.4) is 0 Å². The molecule has 25 heavy (non-hydrogen) atoms. The van der Waals surface area contributed by atoms with Crippen LogP contribution in [0.1, 0.15) is 28.4 Å². The Kier molecular flexibility index (Phi) is 5.06. The summed E-state index contributed by atoms with van der Waals surface area (Å²) in [7, 11) is -3.26. The number of hydrogen-bond acceptors (Lipinski definition) is 4. The first-order chi connectivity index (χ1) is 12.0. The van der Waals surface area contributed by atoms with Crippen molar-refractivity contribution in [3.8, 4) is 0 Å². The molecule has 3 rings (SSSR count). The monoisotopic (exact) mass is 359 g/mol. The predicted octanol–water partition coefficient (Wildman–Crippen LogP) is 1.66. The van der Waals surface area contributed by atoms with Crippen molar-refractivity contribution in [2.45, 2.75) is 12.5 Å². The molecule has 1 saturated heterocycles. The van der Waals surface area contributed by atoms with Gasteiger partial charge in [0.25, 0.3) is 5.91 Å². The van der Waals surface area contributed by atoms with Crippen LogP contribution in [0.5, 0.6) is 0 Å². The van der Waals surface area contributed by atoms with Gasteiger partial charge < -0.3 is 11.1 Å². The number of anilines is 1. The quantitative estimate of drug-likeness (QED) is 0.849. The highest BCUT2D eigenvalue weighted by Crippen LogP contribution is 2.24. The molecule has 0 aliphatic carbocycles. The molecular weight excluding hydrogens is 338 g/mol. The van der Waals surface area contributed by atoms with Crippen LogP contribution in [0, 0.1) is 0 Å². The molecule has 1 unspecified atom stereocenters. The maximum absolute atomic E-state index is 12.4. The molecule has 6 nitrogen and oxygen atoms in total. The van der Waals surface area contributed by atoms with E-state index in [0.717, 1.165) is 5.56 Å². The van der Waals surface area contributed by atoms with Gasteiger partial charge in [-0.25, -0.2) is 8.42 Å². The van der Waals surface area contributed by atoms with Gasteiger partial charge >= 0.3 is 0 Å². The molecular formula is C18H21N3O3S. The number of nitrogens with two attached hydrogens (primary N) is 1. The molecule has 0 radical (unpaired) electrons. The summed E-state index contributed by atoms with van der Waals surface area (Å²) in [6, 6.07) is 15.9. The molecule has 1 amide bonds. The molecule has 0 aromatic heterocycles. The van der Waals surface area contributed by atoms with Gasteiger partial charge in [0, 0.05) is 24.7 Å². The minimum atomic E-state index is -3.26. The predicted molar refractivity (Wildman–Crippen MR) is 97.9 cm³/mol. The fraction of sp³-hybridized carbons (Fsp3) is 0.278. The van der Waals surface area contributed by atoms with Gasteiger partial charge in [0.05, 0.1) is 11.4 Å². The standard InChI is InChI=1S/C18H21N3O3S/c19-17(14-6-2-1-3-7-14)13-20-18(22)15-8-4-9-16(12-15)21-10-5-11-25(21,23)24/h1-4,6-9,12,17H,5,10-11,13,19H2,(H,20,22). The average molecular weight is 359 g/mol. The number of carbonyl (C=O) groups excluding carboxylic acids is 1. The van der Waals surface area contributed by atoms with Gasteiger partial charge in [-0.05, 0) is 30.2 Å². The van der Waals surface area contributed by atoms with Crippen molar-refractivity contribution in [3.05, 3.63) is 65.7 Å². The zero-order valence-electron chi connectivity index (χ0n) is 13.8. The normalized spacial score (nSPS) is 17.2. The molecule has 7 heteroatoms. The van der Waals surface area contributed by atoms with E-state index in [1.807, 2.05) is 30.3 Å². The molecule has 0 bridgehead atoms. The molecule has 1 aliphatic heterocycles. The van der Waals surface area contributed by atoms with Crippen LogP contribution in [0.15, 0.2) is 54.6 Å². The van der Waals surface area contributed by atoms with Crippen LogP contribution in [0.25, 0.3) is 0 Å². The number of nitrogens with one attached hydrogen (secondary N) is 1. The van der Waals surface area contributed by atoms with E-state index in [-0.39, 0.29) is 17.7 Å². The van der Waals surface area contributed by atoms with E-state index in [0.29, 0.717) is 30.8 Å². The fourth-order valence-electron chi connectivity index (χ4n) is 2.85. The summed E-state index contributed by atoms with van der Waals surface area (Å²) in [6.45, 7) is 0.751. The Morgan fingerprint density at radius 3 is 2.60 bits per heavy atom. The second-order valence-corrected chi connectivity index (χ2v) is 8.03. The van der Waals surface area contributed by atoms with E-state index in [9.17, 15) is 13.2 Å². The summed E-state index contributed by atoms with van der Waals surface area (Å²) < 4.78 is 25.4. The molecule has 132 valence electrons. The van der Waals surface area contributed by atoms with Crippen molar-refractivity contribution < 1.29 is 13.2 Å². The van der Waals surface area contributed by atoms with Crippen LogP contribution in [0.2, 0.25) is 0 Å². The SMILES string of the molecule is NC(CNC(=O)c1cccc(N2CCCS2(=O)=O)c1)c1ccccc1. The minimum absolute atomic E-state index is 0.148. The third-order valence-corrected chi connectivity index (χ3v) is 6.08. The molecule has 1 atom stereocenters. The van der Waals surface area contributed by atoms with Crippen molar-refractivity contribution in [3.63, 3.8) is 0 Å². The second-order valence-electron chi connectivity index (χ2n) is 6.02. The van der Waals surface area contributed by atoms with Crippen molar-refractivity contribution in [2.24, 2.45) is 5.73 Å². The third-order valence-electron chi connectivity index (χ3n) is 4.21. The Morgan fingerprint density at radius 1 is 1.16 bits per heavy atom. The summed E-state index contributed by atoms with van der Waals surface area (Å²) in [5.41, 5.74) is 7.97. The topological polar surface area (TPSA) is 92.5 Å². The van der Waals surface area contributed by atoms with Crippen LogP contribution in [0.4, 0.5) is 5.69 Å². The molecule has 1 aliphatic rings. The van der Waals surface area contributed by atoms with E-state index in [1.165, 1.54) is 4.31 Å². The maximum atomic E-state index is 12.4. The number of benzene rings is 2. The Bertz CT molecular complexity index is 853. The van der Waals surface area contributed by atoms with Gasteiger partial charge in [-0.3, -0.25) is 9.10 Å². The third kappa shape index (κ3) is 4.00. The average Bonchev–Trinajstić information content (AvgIpc) is 2.99. The maximum Gasteiger partial charge on any atom is 0.251 e. The zero-order valence-corrected chi connectivity index (χ0v) is 14.6. The van der Waals surface area contributed by atoms with Crippen molar-refractivity contribution >= 4 is 21.6 Å². The molecule has 0 spiro atoms. The lowest BCUT2D eigenvalue weighted by Gasteiger charge is -2.18. The lowest BCUT2D eigenvalue weighted by atomic mass is 10.1. The summed E-state index contributed by atoms with van der Waals surface area (Å²) in [5.74, 6) is -0.125. The Labute approximate surface area is 147 Å². The van der Waals surface area contributed by atoms with Gasteiger partial charge in [0.15, 0.2) is 0 Å². The minimum Gasteiger partial charge on any atom is -0.350 e. The number of rotatable bonds is 5. The van der Waals surface area contributed by atoms with E-state index >= 15 is 0 Å². The first kappa shape index (κ1) is 17.4. The van der Waals surface area contributed by atoms with Crippen molar-refractivity contribution in [1.29, 1.82) is 0 Å². The van der Waals surface area contributed by atoms with Gasteiger partial charge in [0.2, 0.25) is 10.0 Å². The number of sulfonamides is 1. The highest BCUT2D eigenvalue weighted by Gasteiger charge is 2.28. The van der Waals surface area contributed by atoms with Gasteiger partial charge in [0.1, 0.15) is 0 Å². The summed E-state index contributed by atoms with van der Waals surface area (Å²) in [6.07, 6.45) is 0.602. The van der Waals surface area contributed by atoms with Gasteiger partial charge in [-0.2, -0.15) is 0 Å². The first-order valence-electron chi connectivity index (χ1n) is 8.16. The van der Waals surface area contributed by atoms with Crippen LogP contribution >= 0.6 is 0 Å². The number of nitrogens with zero attached hydrogens (tertiary/aromatic N) is 1. The smallest absolute Gasteiger partial charge is 0.251 e. The Balaban J connectivity index is 1.68. The summed E-state index contributed by atoms with van der Waals surface area (Å²) in [4.78, 5) is 12.4.